The Balaban J connectivity index is 1.56. The van der Waals surface area contributed by atoms with Crippen LogP contribution < -0.4 is 20.7 Å². The predicted octanol–water partition coefficient (Wildman–Crippen LogP) is 3.68. The van der Waals surface area contributed by atoms with Crippen molar-refractivity contribution in [3.63, 3.8) is 0 Å². The second kappa shape index (κ2) is 8.19. The molecule has 0 bridgehead atoms. The smallest absolute Gasteiger partial charge is 0.328 e. The van der Waals surface area contributed by atoms with Gasteiger partial charge in [-0.2, -0.15) is 5.26 Å². The third-order valence-electron chi connectivity index (χ3n) is 4.23. The molecule has 0 aliphatic carbocycles. The summed E-state index contributed by atoms with van der Waals surface area (Å²) in [4.78, 5) is 25.1. The molecule has 4 rings (SSSR count). The SMILES string of the molecule is N#Cc1cc2c(Oc3ccccc3OCCn3ccc(=O)[nH]c3=O)cc(Cl)cc2o1. The molecule has 150 valence electrons. The molecular formula is C21H14ClN3O5. The standard InChI is InChI=1S/C21H14ClN3O5/c22-13-9-18-15(11-14(12-23)29-18)19(10-13)30-17-4-2-1-3-16(17)28-8-7-25-6-5-20(26)24-21(25)27/h1-6,9-11H,7-8H2,(H,24,26,27). The van der Waals surface area contributed by atoms with Crippen LogP contribution in [0.25, 0.3) is 11.0 Å². The number of rotatable bonds is 6. The second-order valence-corrected chi connectivity index (χ2v) is 6.68. The van der Waals surface area contributed by atoms with Crippen molar-refractivity contribution in [1.82, 2.24) is 9.55 Å². The molecule has 4 aromatic rings. The Morgan fingerprint density at radius 2 is 1.90 bits per heavy atom. The van der Waals surface area contributed by atoms with Gasteiger partial charge in [0.05, 0.1) is 11.9 Å². The van der Waals surface area contributed by atoms with Gasteiger partial charge in [-0.25, -0.2) is 4.79 Å². The van der Waals surface area contributed by atoms with Crippen molar-refractivity contribution in [1.29, 1.82) is 5.26 Å². The van der Waals surface area contributed by atoms with E-state index in [1.54, 1.807) is 42.5 Å². The summed E-state index contributed by atoms with van der Waals surface area (Å²) >= 11 is 6.15. The van der Waals surface area contributed by atoms with Crippen LogP contribution in [0.3, 0.4) is 0 Å². The van der Waals surface area contributed by atoms with E-state index in [1.165, 1.54) is 16.8 Å². The lowest BCUT2D eigenvalue weighted by Crippen LogP contribution is -2.30. The number of aromatic nitrogens is 2. The molecule has 2 heterocycles. The van der Waals surface area contributed by atoms with Crippen LogP contribution in [-0.4, -0.2) is 16.2 Å². The molecule has 0 saturated carbocycles. The van der Waals surface area contributed by atoms with Crippen LogP contribution in [0.2, 0.25) is 5.02 Å². The molecule has 9 heteroatoms. The lowest BCUT2D eigenvalue weighted by molar-refractivity contribution is 0.283. The number of hydrogen-bond donors (Lipinski definition) is 1. The molecule has 1 N–H and O–H groups in total. The molecule has 0 radical (unpaired) electrons. The van der Waals surface area contributed by atoms with Crippen LogP contribution in [0, 0.1) is 11.3 Å². The summed E-state index contributed by atoms with van der Waals surface area (Å²) in [6, 6.07) is 15.0. The van der Waals surface area contributed by atoms with Crippen LogP contribution in [0.15, 0.2) is 68.7 Å². The molecule has 30 heavy (non-hydrogen) atoms. The first-order valence-corrected chi connectivity index (χ1v) is 9.24. The highest BCUT2D eigenvalue weighted by atomic mass is 35.5. The molecule has 0 amide bonds. The number of nitrogens with one attached hydrogen (secondary N) is 1. The molecule has 0 atom stereocenters. The fourth-order valence-electron chi connectivity index (χ4n) is 2.86. The second-order valence-electron chi connectivity index (χ2n) is 6.24. The fraction of sp³-hybridized carbons (Fsp3) is 0.0952. The third-order valence-corrected chi connectivity index (χ3v) is 4.45. The molecule has 0 saturated heterocycles. The Morgan fingerprint density at radius 3 is 2.67 bits per heavy atom. The number of hydrogen-bond acceptors (Lipinski definition) is 6. The predicted molar refractivity (Wildman–Crippen MR) is 109 cm³/mol. The summed E-state index contributed by atoms with van der Waals surface area (Å²) in [5.74, 6) is 1.44. The normalized spacial score (nSPS) is 10.7. The maximum atomic E-state index is 11.8. The summed E-state index contributed by atoms with van der Waals surface area (Å²) in [6.45, 7) is 0.403. The maximum absolute atomic E-state index is 11.8. The Hall–Kier alpha value is -3.96. The van der Waals surface area contributed by atoms with Gasteiger partial charge in [-0.1, -0.05) is 23.7 Å². The van der Waals surface area contributed by atoms with Crippen molar-refractivity contribution in [3.05, 3.63) is 86.3 Å². The van der Waals surface area contributed by atoms with Gasteiger partial charge < -0.3 is 13.9 Å². The lowest BCUT2D eigenvalue weighted by atomic mass is 10.2. The van der Waals surface area contributed by atoms with E-state index in [1.807, 2.05) is 6.07 Å². The highest BCUT2D eigenvalue weighted by Crippen LogP contribution is 2.38. The average molecular weight is 424 g/mol. The number of furan rings is 1. The van der Waals surface area contributed by atoms with Gasteiger partial charge in [-0.05, 0) is 12.1 Å². The first kappa shape index (κ1) is 19.4. The van der Waals surface area contributed by atoms with Crippen LogP contribution in [-0.2, 0) is 6.54 Å². The van der Waals surface area contributed by atoms with Crippen LogP contribution >= 0.6 is 11.6 Å². The van der Waals surface area contributed by atoms with Crippen molar-refractivity contribution in [2.75, 3.05) is 6.61 Å². The van der Waals surface area contributed by atoms with Gasteiger partial charge >= 0.3 is 5.69 Å². The summed E-state index contributed by atoms with van der Waals surface area (Å²) < 4.78 is 18.5. The molecular weight excluding hydrogens is 410 g/mol. The summed E-state index contributed by atoms with van der Waals surface area (Å²) in [7, 11) is 0. The number of halogens is 1. The lowest BCUT2D eigenvalue weighted by Gasteiger charge is -2.13. The van der Waals surface area contributed by atoms with E-state index in [0.29, 0.717) is 33.2 Å². The third kappa shape index (κ3) is 4.06. The average Bonchev–Trinajstić information content (AvgIpc) is 3.14. The molecule has 2 aromatic heterocycles. The van der Waals surface area contributed by atoms with Gasteiger partial charge in [0.25, 0.3) is 5.56 Å². The number of nitrogens with zero attached hydrogens (tertiary/aromatic N) is 2. The van der Waals surface area contributed by atoms with Gasteiger partial charge in [0, 0.05) is 35.5 Å². The number of aromatic amines is 1. The Morgan fingerprint density at radius 1 is 1.10 bits per heavy atom. The molecule has 2 aromatic carbocycles. The van der Waals surface area contributed by atoms with E-state index in [-0.39, 0.29) is 18.9 Å². The van der Waals surface area contributed by atoms with E-state index in [9.17, 15) is 9.59 Å². The van der Waals surface area contributed by atoms with E-state index >= 15 is 0 Å². The van der Waals surface area contributed by atoms with Crippen molar-refractivity contribution in [2.24, 2.45) is 0 Å². The topological polar surface area (TPSA) is 110 Å². The number of nitriles is 1. The molecule has 0 fully saturated rings. The minimum atomic E-state index is -0.509. The van der Waals surface area contributed by atoms with E-state index < -0.39 is 11.2 Å². The zero-order valence-corrected chi connectivity index (χ0v) is 16.2. The number of H-pyrrole nitrogens is 1. The van der Waals surface area contributed by atoms with Crippen molar-refractivity contribution >= 4 is 22.6 Å². The highest BCUT2D eigenvalue weighted by molar-refractivity contribution is 6.31. The number of para-hydroxylation sites is 2. The molecule has 0 aliphatic heterocycles. The van der Waals surface area contributed by atoms with Crippen molar-refractivity contribution in [2.45, 2.75) is 6.54 Å². The first-order chi connectivity index (χ1) is 14.5. The summed E-state index contributed by atoms with van der Waals surface area (Å²) in [6.07, 6.45) is 1.40. The summed E-state index contributed by atoms with van der Waals surface area (Å²) in [5.41, 5.74) is -0.530. The highest BCUT2D eigenvalue weighted by Gasteiger charge is 2.14. The Kier molecular flexibility index (Phi) is 5.28. The first-order valence-electron chi connectivity index (χ1n) is 8.86. The van der Waals surface area contributed by atoms with Crippen molar-refractivity contribution in [3.8, 4) is 23.3 Å². The van der Waals surface area contributed by atoms with E-state index in [4.69, 9.17) is 30.8 Å². The minimum absolute atomic E-state index is 0.146. The van der Waals surface area contributed by atoms with Gasteiger partial charge in [-0.3, -0.25) is 14.3 Å². The van der Waals surface area contributed by atoms with Crippen LogP contribution in [0.5, 0.6) is 17.2 Å². The molecule has 8 nitrogen and oxygen atoms in total. The zero-order chi connectivity index (χ0) is 21.1. The largest absolute Gasteiger partial charge is 0.488 e. The minimum Gasteiger partial charge on any atom is -0.488 e. The molecule has 0 aliphatic rings. The molecule has 0 unspecified atom stereocenters. The van der Waals surface area contributed by atoms with Gasteiger partial charge in [0.15, 0.2) is 11.5 Å². The maximum Gasteiger partial charge on any atom is 0.328 e. The van der Waals surface area contributed by atoms with Crippen molar-refractivity contribution < 1.29 is 13.9 Å². The summed E-state index contributed by atoms with van der Waals surface area (Å²) in [5, 5.41) is 10.1. The fourth-order valence-corrected chi connectivity index (χ4v) is 3.06. The van der Waals surface area contributed by atoms with Crippen LogP contribution in [0.1, 0.15) is 5.76 Å². The number of ether oxygens (including phenoxy) is 2. The number of benzene rings is 2. The van der Waals surface area contributed by atoms with E-state index in [2.05, 4.69) is 4.98 Å². The van der Waals surface area contributed by atoms with Gasteiger partial charge in [0.2, 0.25) is 5.76 Å². The van der Waals surface area contributed by atoms with Gasteiger partial charge in [-0.15, -0.1) is 0 Å². The number of fused-ring (bicyclic) bond motifs is 1. The van der Waals surface area contributed by atoms with E-state index in [0.717, 1.165) is 0 Å². The zero-order valence-electron chi connectivity index (χ0n) is 15.4. The van der Waals surface area contributed by atoms with Gasteiger partial charge in [0.1, 0.15) is 24.0 Å². The quantitative estimate of drug-likeness (QED) is 0.506. The van der Waals surface area contributed by atoms with Crippen LogP contribution in [0.4, 0.5) is 0 Å². The molecule has 0 spiro atoms. The Labute approximate surface area is 174 Å². The monoisotopic (exact) mass is 423 g/mol. The Bertz CT molecular complexity index is 1380.